The highest BCUT2D eigenvalue weighted by Crippen LogP contribution is 2.76. The van der Waals surface area contributed by atoms with Gasteiger partial charge in [0.1, 0.15) is 67.1 Å². The number of esters is 1. The summed E-state index contributed by atoms with van der Waals surface area (Å²) in [5.41, 5.74) is -0.434. The highest BCUT2D eigenvalue weighted by molar-refractivity contribution is 5.79. The minimum absolute atomic E-state index is 0.0414. The van der Waals surface area contributed by atoms with Gasteiger partial charge in [0.05, 0.1) is 31.3 Å². The third-order valence-electron chi connectivity index (χ3n) is 18.9. The summed E-state index contributed by atoms with van der Waals surface area (Å²) in [5.74, 6) is -0.0598. The standard InChI is InChI=1S/C47H76O17/c1-42(2)14-16-47(41(58)64-40-35(56)33(54)31(52)26(20-49)61-40)17-15-45(6)22(23(47)18-42)8-9-28-44(5)12-11-29(43(3,4)27(44)10-13-46(28,45)7)62-38-36(57)37(24(50)21-59-38)63-39-34(55)32(53)30(51)25(19-48)60-39/h8,23-40,48-57H,9-21H2,1-7H3/t23-,24-,25+,26+,27-,28+,29-,30+,31+,32-,33-,34+,35+,36+,37-,38+,39-,40-,44-,45+,46+,47-/m0/s1. The van der Waals surface area contributed by atoms with Gasteiger partial charge in [-0.15, -0.1) is 0 Å². The van der Waals surface area contributed by atoms with Crippen LogP contribution in [0.4, 0.5) is 0 Å². The van der Waals surface area contributed by atoms with Crippen LogP contribution in [0.25, 0.3) is 0 Å². The maximum Gasteiger partial charge on any atom is 0.315 e. The van der Waals surface area contributed by atoms with Crippen molar-refractivity contribution in [1.29, 1.82) is 0 Å². The Hall–Kier alpha value is -1.39. The van der Waals surface area contributed by atoms with Crippen molar-refractivity contribution in [3.05, 3.63) is 11.6 Å². The van der Waals surface area contributed by atoms with E-state index >= 15 is 0 Å². The summed E-state index contributed by atoms with van der Waals surface area (Å²) in [4.78, 5) is 14.6. The van der Waals surface area contributed by atoms with Gasteiger partial charge in [-0.2, -0.15) is 0 Å². The molecule has 3 saturated heterocycles. The molecular formula is C47H76O17. The monoisotopic (exact) mass is 913 g/mol. The molecule has 0 aromatic rings. The van der Waals surface area contributed by atoms with Crippen LogP contribution < -0.4 is 0 Å². The third-order valence-corrected chi connectivity index (χ3v) is 18.9. The highest BCUT2D eigenvalue weighted by atomic mass is 16.7. The van der Waals surface area contributed by atoms with Crippen LogP contribution in [0.5, 0.6) is 0 Å². The Balaban J connectivity index is 1.01. The topological polar surface area (TPSA) is 275 Å². The van der Waals surface area contributed by atoms with Gasteiger partial charge in [-0.05, 0) is 109 Å². The van der Waals surface area contributed by atoms with Crippen LogP contribution in [0.2, 0.25) is 0 Å². The zero-order valence-electron chi connectivity index (χ0n) is 38.5. The minimum Gasteiger partial charge on any atom is -0.432 e. The Bertz CT molecular complexity index is 1740. The van der Waals surface area contributed by atoms with E-state index in [9.17, 15) is 55.9 Å². The Morgan fingerprint density at radius 1 is 0.672 bits per heavy atom. The Morgan fingerprint density at radius 2 is 1.28 bits per heavy atom. The number of fused-ring (bicyclic) bond motifs is 7. The fourth-order valence-electron chi connectivity index (χ4n) is 14.8. The molecule has 8 rings (SSSR count). The van der Waals surface area contributed by atoms with Crippen molar-refractivity contribution in [2.75, 3.05) is 19.8 Å². The van der Waals surface area contributed by atoms with Gasteiger partial charge in [0.25, 0.3) is 0 Å². The van der Waals surface area contributed by atoms with Crippen molar-refractivity contribution in [3.8, 4) is 0 Å². The number of rotatable bonds is 8. The number of carbonyl (C=O) groups is 1. The summed E-state index contributed by atoms with van der Waals surface area (Å²) in [6, 6.07) is 0. The number of ether oxygens (including phenoxy) is 6. The molecule has 8 aliphatic rings. The fraction of sp³-hybridized carbons (Fsp3) is 0.936. The molecule has 3 heterocycles. The van der Waals surface area contributed by atoms with Crippen LogP contribution in [0.15, 0.2) is 11.6 Å². The first-order valence-corrected chi connectivity index (χ1v) is 23.7. The molecule has 0 bridgehead atoms. The molecule has 64 heavy (non-hydrogen) atoms. The molecule has 0 radical (unpaired) electrons. The lowest BCUT2D eigenvalue weighted by molar-refractivity contribution is -0.357. The van der Waals surface area contributed by atoms with E-state index in [1.165, 1.54) is 5.57 Å². The second kappa shape index (κ2) is 17.2. The molecule has 366 valence electrons. The van der Waals surface area contributed by atoms with Gasteiger partial charge >= 0.3 is 5.97 Å². The molecule has 17 nitrogen and oxygen atoms in total. The first kappa shape index (κ1) is 49.0. The van der Waals surface area contributed by atoms with Crippen molar-refractivity contribution in [3.63, 3.8) is 0 Å². The second-order valence-electron chi connectivity index (χ2n) is 23.0. The molecule has 0 unspecified atom stereocenters. The van der Waals surface area contributed by atoms with E-state index in [1.54, 1.807) is 0 Å². The molecule has 7 fully saturated rings. The normalized spacial score (nSPS) is 53.4. The maximum atomic E-state index is 14.6. The van der Waals surface area contributed by atoms with E-state index in [0.717, 1.165) is 44.9 Å². The minimum atomic E-state index is -1.72. The molecule has 0 spiro atoms. The number of aliphatic hydroxyl groups is 10. The lowest BCUT2D eigenvalue weighted by Crippen LogP contribution is -2.66. The quantitative estimate of drug-likeness (QED) is 0.0916. The molecule has 22 atom stereocenters. The SMILES string of the molecule is CC1(C)CC[C@]2(C(=O)O[C@@H]3O[C@H](CO)[C@@H](O)[C@H](O)[C@H]3O)CC[C@]3(C)C(=CC[C@@H]4[C@@]5(C)CC[C@H](O[C@H]6OC[C@H](O)[C@H](O[C@@H]7O[C@H](CO)[C@@H](O)[C@H](O)[C@H]7O)[C@H]6O)C(C)(C)[C@@H]5CC[C@]43C)[C@@H]2C1. The second-order valence-corrected chi connectivity index (χ2v) is 23.0. The number of carbonyl (C=O) groups excluding carboxylic acids is 1. The summed E-state index contributed by atoms with van der Waals surface area (Å²) in [5, 5.41) is 105. The molecule has 0 amide bonds. The van der Waals surface area contributed by atoms with Gasteiger partial charge in [-0.3, -0.25) is 4.79 Å². The van der Waals surface area contributed by atoms with Crippen molar-refractivity contribution in [2.24, 2.45) is 50.2 Å². The van der Waals surface area contributed by atoms with Crippen LogP contribution in [0.1, 0.15) is 113 Å². The molecule has 3 aliphatic heterocycles. The van der Waals surface area contributed by atoms with Gasteiger partial charge in [-0.25, -0.2) is 0 Å². The van der Waals surface area contributed by atoms with Gasteiger partial charge in [0, 0.05) is 0 Å². The smallest absolute Gasteiger partial charge is 0.315 e. The molecule has 5 aliphatic carbocycles. The van der Waals surface area contributed by atoms with E-state index in [4.69, 9.17) is 28.4 Å². The summed E-state index contributed by atoms with van der Waals surface area (Å²) in [6.07, 6.45) is -10.9. The van der Waals surface area contributed by atoms with Gasteiger partial charge in [0.2, 0.25) is 6.29 Å². The van der Waals surface area contributed by atoms with Crippen molar-refractivity contribution < 1.29 is 84.3 Å². The van der Waals surface area contributed by atoms with E-state index in [-0.39, 0.29) is 51.6 Å². The Morgan fingerprint density at radius 3 is 1.92 bits per heavy atom. The zero-order chi connectivity index (χ0) is 46.7. The Labute approximate surface area is 376 Å². The molecule has 4 saturated carbocycles. The highest BCUT2D eigenvalue weighted by Gasteiger charge is 2.70. The number of allylic oxidation sites excluding steroid dienone is 2. The van der Waals surface area contributed by atoms with E-state index < -0.39 is 111 Å². The van der Waals surface area contributed by atoms with Gasteiger partial charge in [0.15, 0.2) is 12.6 Å². The predicted molar refractivity (Wildman–Crippen MR) is 224 cm³/mol. The fourth-order valence-corrected chi connectivity index (χ4v) is 14.8. The van der Waals surface area contributed by atoms with Gasteiger partial charge in [-0.1, -0.05) is 60.1 Å². The van der Waals surface area contributed by atoms with Crippen LogP contribution in [0, 0.1) is 50.2 Å². The number of hydrogen-bond acceptors (Lipinski definition) is 17. The maximum absolute atomic E-state index is 14.6. The summed E-state index contributed by atoms with van der Waals surface area (Å²) in [6.45, 7) is 14.7. The molecular weight excluding hydrogens is 836 g/mol. The number of aliphatic hydroxyl groups excluding tert-OH is 10. The molecule has 0 aromatic heterocycles. The van der Waals surface area contributed by atoms with Crippen LogP contribution in [-0.2, 0) is 33.2 Å². The Kier molecular flexibility index (Phi) is 13.2. The molecule has 10 N–H and O–H groups in total. The lowest BCUT2D eigenvalue weighted by Gasteiger charge is -2.71. The van der Waals surface area contributed by atoms with Crippen molar-refractivity contribution in [1.82, 2.24) is 0 Å². The predicted octanol–water partition coefficient (Wildman–Crippen LogP) is 0.780. The summed E-state index contributed by atoms with van der Waals surface area (Å²) in [7, 11) is 0. The lowest BCUT2D eigenvalue weighted by atomic mass is 9.33. The zero-order valence-corrected chi connectivity index (χ0v) is 38.5. The largest absolute Gasteiger partial charge is 0.432 e. The van der Waals surface area contributed by atoms with Crippen molar-refractivity contribution in [2.45, 2.75) is 205 Å². The van der Waals surface area contributed by atoms with Crippen molar-refractivity contribution >= 4 is 5.97 Å². The van der Waals surface area contributed by atoms with Crippen LogP contribution in [-0.4, -0.2) is 169 Å². The van der Waals surface area contributed by atoms with Gasteiger partial charge < -0.3 is 79.5 Å². The third kappa shape index (κ3) is 7.58. The molecule has 17 heteroatoms. The average Bonchev–Trinajstić information content (AvgIpc) is 3.24. The van der Waals surface area contributed by atoms with E-state index in [0.29, 0.717) is 25.2 Å². The first-order chi connectivity index (χ1) is 29.9. The first-order valence-electron chi connectivity index (χ1n) is 23.7. The van der Waals surface area contributed by atoms with Crippen LogP contribution in [0.3, 0.4) is 0 Å². The van der Waals surface area contributed by atoms with E-state index in [2.05, 4.69) is 54.5 Å². The number of hydrogen-bond donors (Lipinski definition) is 10. The summed E-state index contributed by atoms with van der Waals surface area (Å²) < 4.78 is 35.6. The summed E-state index contributed by atoms with van der Waals surface area (Å²) >= 11 is 0. The van der Waals surface area contributed by atoms with E-state index in [1.807, 2.05) is 0 Å². The average molecular weight is 913 g/mol. The molecule has 0 aromatic carbocycles. The van der Waals surface area contributed by atoms with Crippen LogP contribution >= 0.6 is 0 Å².